The highest BCUT2D eigenvalue weighted by Crippen LogP contribution is 2.45. The van der Waals surface area contributed by atoms with Gasteiger partial charge in [-0.15, -0.1) is 0 Å². The number of nitrogens with zero attached hydrogens (tertiary/aromatic N) is 2. The minimum absolute atomic E-state index is 0.0361. The molecular weight excluding hydrogens is 392 g/mol. The fraction of sp³-hybridized carbons (Fsp3) is 0.611. The molecule has 6 heteroatoms. The minimum atomic E-state index is -0.448. The van der Waals surface area contributed by atoms with Crippen molar-refractivity contribution in [2.45, 2.75) is 51.3 Å². The van der Waals surface area contributed by atoms with Crippen LogP contribution in [0.2, 0.25) is 5.02 Å². The van der Waals surface area contributed by atoms with Gasteiger partial charge in [0.05, 0.1) is 10.6 Å². The van der Waals surface area contributed by atoms with Crippen molar-refractivity contribution in [1.82, 2.24) is 9.80 Å². The van der Waals surface area contributed by atoms with Crippen LogP contribution < -0.4 is 0 Å². The summed E-state index contributed by atoms with van der Waals surface area (Å²) in [5.41, 5.74) is 0.700. The smallest absolute Gasteiger partial charge is 0.410 e. The minimum Gasteiger partial charge on any atom is -0.444 e. The molecule has 1 aliphatic heterocycles. The van der Waals surface area contributed by atoms with Gasteiger partial charge in [-0.2, -0.15) is 0 Å². The van der Waals surface area contributed by atoms with Crippen LogP contribution in [-0.2, 0) is 11.3 Å². The summed E-state index contributed by atoms with van der Waals surface area (Å²) in [4.78, 5) is 16.8. The van der Waals surface area contributed by atoms with E-state index in [9.17, 15) is 4.79 Å². The van der Waals surface area contributed by atoms with Crippen LogP contribution >= 0.6 is 27.5 Å². The van der Waals surface area contributed by atoms with Crippen LogP contribution in [0.1, 0.15) is 39.2 Å². The van der Waals surface area contributed by atoms with E-state index < -0.39 is 5.60 Å². The van der Waals surface area contributed by atoms with E-state index in [1.165, 1.54) is 5.56 Å². The van der Waals surface area contributed by atoms with E-state index in [1.807, 2.05) is 37.8 Å². The molecule has 132 valence electrons. The van der Waals surface area contributed by atoms with E-state index in [1.54, 1.807) is 0 Å². The first-order valence-corrected chi connectivity index (χ1v) is 9.53. The van der Waals surface area contributed by atoms with Crippen molar-refractivity contribution in [2.75, 3.05) is 19.6 Å². The SMILES string of the molecule is CC(C)(C)OC(=O)N1CCN(Cc2cccc(Cl)c2Br)CC12CC2. The molecule has 24 heavy (non-hydrogen) atoms. The molecule has 1 spiro atoms. The number of carbonyl (C=O) groups is 1. The highest BCUT2D eigenvalue weighted by molar-refractivity contribution is 9.10. The topological polar surface area (TPSA) is 32.8 Å². The molecule has 1 aromatic carbocycles. The molecule has 1 aliphatic carbocycles. The fourth-order valence-corrected chi connectivity index (χ4v) is 3.86. The Bertz CT molecular complexity index is 640. The molecule has 3 rings (SSSR count). The number of amides is 1. The van der Waals surface area contributed by atoms with E-state index >= 15 is 0 Å². The average Bonchev–Trinajstić information content (AvgIpc) is 3.21. The largest absolute Gasteiger partial charge is 0.444 e. The highest BCUT2D eigenvalue weighted by Gasteiger charge is 2.54. The van der Waals surface area contributed by atoms with Crippen LogP contribution in [0.15, 0.2) is 22.7 Å². The van der Waals surface area contributed by atoms with Crippen LogP contribution in [0.3, 0.4) is 0 Å². The zero-order valence-corrected chi connectivity index (χ0v) is 16.8. The number of benzene rings is 1. The number of ether oxygens (including phenoxy) is 1. The molecule has 1 saturated heterocycles. The molecule has 0 radical (unpaired) electrons. The van der Waals surface area contributed by atoms with Crippen molar-refractivity contribution in [3.05, 3.63) is 33.3 Å². The molecule has 1 saturated carbocycles. The summed E-state index contributed by atoms with van der Waals surface area (Å²) in [5.74, 6) is 0. The average molecular weight is 416 g/mol. The van der Waals surface area contributed by atoms with Crippen LogP contribution in [0.4, 0.5) is 4.79 Å². The van der Waals surface area contributed by atoms with Crippen molar-refractivity contribution in [1.29, 1.82) is 0 Å². The monoisotopic (exact) mass is 414 g/mol. The molecule has 0 bridgehead atoms. The lowest BCUT2D eigenvalue weighted by Crippen LogP contribution is -2.57. The molecule has 1 amide bonds. The number of piperazine rings is 1. The van der Waals surface area contributed by atoms with Gasteiger partial charge < -0.3 is 4.74 Å². The summed E-state index contributed by atoms with van der Waals surface area (Å²) in [6.45, 7) is 9.04. The van der Waals surface area contributed by atoms with E-state index in [-0.39, 0.29) is 11.6 Å². The second kappa shape index (κ2) is 6.50. The number of rotatable bonds is 2. The van der Waals surface area contributed by atoms with Crippen LogP contribution in [0.25, 0.3) is 0 Å². The van der Waals surface area contributed by atoms with Gasteiger partial charge in [0, 0.05) is 30.7 Å². The lowest BCUT2D eigenvalue weighted by molar-refractivity contribution is -0.00810. The summed E-state index contributed by atoms with van der Waals surface area (Å²) >= 11 is 9.77. The normalized spacial score (nSPS) is 20.3. The van der Waals surface area contributed by atoms with E-state index in [4.69, 9.17) is 16.3 Å². The van der Waals surface area contributed by atoms with Gasteiger partial charge in [-0.3, -0.25) is 9.80 Å². The number of hydrogen-bond donors (Lipinski definition) is 0. The molecule has 0 unspecified atom stereocenters. The Kier molecular flexibility index (Phi) is 4.89. The van der Waals surface area contributed by atoms with Gasteiger partial charge in [0.1, 0.15) is 5.60 Å². The van der Waals surface area contributed by atoms with Crippen LogP contribution in [0, 0.1) is 0 Å². The first-order chi connectivity index (χ1) is 11.2. The van der Waals surface area contributed by atoms with Gasteiger partial charge in [0.2, 0.25) is 0 Å². The van der Waals surface area contributed by atoms with Crippen molar-refractivity contribution < 1.29 is 9.53 Å². The second-order valence-corrected chi connectivity index (χ2v) is 8.98. The Labute approximate surface area is 157 Å². The molecule has 0 aromatic heterocycles. The Morgan fingerprint density at radius 1 is 1.33 bits per heavy atom. The van der Waals surface area contributed by atoms with Crippen molar-refractivity contribution >= 4 is 33.6 Å². The third-order valence-corrected chi connectivity index (χ3v) is 6.08. The van der Waals surface area contributed by atoms with Crippen molar-refractivity contribution in [2.24, 2.45) is 0 Å². The zero-order valence-electron chi connectivity index (χ0n) is 14.4. The summed E-state index contributed by atoms with van der Waals surface area (Å²) in [6.07, 6.45) is 1.93. The molecule has 0 N–H and O–H groups in total. The maximum Gasteiger partial charge on any atom is 0.410 e. The molecule has 2 aliphatic rings. The van der Waals surface area contributed by atoms with Crippen LogP contribution in [0.5, 0.6) is 0 Å². The lowest BCUT2D eigenvalue weighted by atomic mass is 10.1. The maximum absolute atomic E-state index is 12.5. The summed E-state index contributed by atoms with van der Waals surface area (Å²) < 4.78 is 6.55. The van der Waals surface area contributed by atoms with Gasteiger partial charge in [0.15, 0.2) is 0 Å². The maximum atomic E-state index is 12.5. The molecule has 4 nitrogen and oxygen atoms in total. The van der Waals surface area contributed by atoms with E-state index in [2.05, 4.69) is 26.9 Å². The van der Waals surface area contributed by atoms with E-state index in [0.29, 0.717) is 6.54 Å². The lowest BCUT2D eigenvalue weighted by Gasteiger charge is -2.42. The van der Waals surface area contributed by atoms with Gasteiger partial charge >= 0.3 is 6.09 Å². The van der Waals surface area contributed by atoms with Crippen molar-refractivity contribution in [3.8, 4) is 0 Å². The molecule has 2 fully saturated rings. The summed E-state index contributed by atoms with van der Waals surface area (Å²) in [7, 11) is 0. The van der Waals surface area contributed by atoms with Gasteiger partial charge in [-0.1, -0.05) is 23.7 Å². The Balaban J connectivity index is 1.66. The fourth-order valence-electron chi connectivity index (χ4n) is 3.28. The Morgan fingerprint density at radius 3 is 2.67 bits per heavy atom. The molecular formula is C18H24BrClN2O2. The third kappa shape index (κ3) is 3.89. The first-order valence-electron chi connectivity index (χ1n) is 8.36. The summed E-state index contributed by atoms with van der Waals surface area (Å²) in [6, 6.07) is 5.96. The number of carbonyl (C=O) groups excluding carboxylic acids is 1. The predicted molar refractivity (Wildman–Crippen MR) is 99.3 cm³/mol. The van der Waals surface area contributed by atoms with Gasteiger partial charge in [-0.05, 0) is 61.2 Å². The number of halogens is 2. The first kappa shape index (κ1) is 18.0. The highest BCUT2D eigenvalue weighted by atomic mass is 79.9. The zero-order chi connectivity index (χ0) is 17.5. The third-order valence-electron chi connectivity index (χ3n) is 4.60. The quantitative estimate of drug-likeness (QED) is 0.702. The Morgan fingerprint density at radius 2 is 2.04 bits per heavy atom. The molecule has 0 atom stereocenters. The van der Waals surface area contributed by atoms with Gasteiger partial charge in [0.25, 0.3) is 0 Å². The standard InChI is InChI=1S/C18H24BrClN2O2/c1-17(2,3)24-16(23)22-10-9-21(12-18(22)7-8-18)11-13-5-4-6-14(20)15(13)19/h4-6H,7-12H2,1-3H3. The summed E-state index contributed by atoms with van der Waals surface area (Å²) in [5, 5.41) is 0.737. The van der Waals surface area contributed by atoms with Gasteiger partial charge in [-0.25, -0.2) is 4.79 Å². The molecule has 1 heterocycles. The molecule has 1 aromatic rings. The van der Waals surface area contributed by atoms with Crippen LogP contribution in [-0.4, -0.2) is 46.7 Å². The Hall–Kier alpha value is -0.780. The van der Waals surface area contributed by atoms with Crippen molar-refractivity contribution in [3.63, 3.8) is 0 Å². The van der Waals surface area contributed by atoms with E-state index in [0.717, 1.165) is 42.0 Å². The second-order valence-electron chi connectivity index (χ2n) is 7.78. The number of hydrogen-bond acceptors (Lipinski definition) is 3. The predicted octanol–water partition coefficient (Wildman–Crippen LogP) is 4.69.